The van der Waals surface area contributed by atoms with Gasteiger partial charge in [-0.05, 0) is 26.8 Å². The molecule has 0 spiro atoms. The summed E-state index contributed by atoms with van der Waals surface area (Å²) >= 11 is 0. The van der Waals surface area contributed by atoms with E-state index in [4.69, 9.17) is 4.52 Å². The van der Waals surface area contributed by atoms with Crippen LogP contribution in [0.5, 0.6) is 0 Å². The molecule has 0 fully saturated rings. The average molecular weight is 275 g/mol. The van der Waals surface area contributed by atoms with Gasteiger partial charge in [-0.2, -0.15) is 0 Å². The zero-order chi connectivity index (χ0) is 13.6. The Kier molecular flexibility index (Phi) is 5.77. The molecule has 0 saturated carbocycles. The Labute approximate surface area is 108 Å². The number of nitrogens with one attached hydrogen (secondary N) is 2. The second-order valence-electron chi connectivity index (χ2n) is 4.19. The molecule has 0 aliphatic carbocycles. The third-order valence-corrected chi connectivity index (χ3v) is 3.95. The van der Waals surface area contributed by atoms with Crippen LogP contribution in [0.3, 0.4) is 0 Å². The Morgan fingerprint density at radius 1 is 1.28 bits per heavy atom. The van der Waals surface area contributed by atoms with Crippen molar-refractivity contribution in [1.82, 2.24) is 15.2 Å². The van der Waals surface area contributed by atoms with Gasteiger partial charge in [0.1, 0.15) is 5.76 Å². The van der Waals surface area contributed by atoms with E-state index in [0.717, 1.165) is 24.2 Å². The van der Waals surface area contributed by atoms with E-state index in [9.17, 15) is 8.42 Å². The minimum absolute atomic E-state index is 0.0797. The standard InChI is InChI=1S/C11H21N3O3S/c1-4-5-12-6-7-18(15,16)13-8-11-9(2)14-17-10(11)3/h12-13H,4-8H2,1-3H3. The number of nitrogens with zero attached hydrogens (tertiary/aromatic N) is 1. The van der Waals surface area contributed by atoms with Crippen molar-refractivity contribution < 1.29 is 12.9 Å². The van der Waals surface area contributed by atoms with Gasteiger partial charge in [-0.3, -0.25) is 0 Å². The van der Waals surface area contributed by atoms with E-state index in [1.54, 1.807) is 13.8 Å². The Hall–Kier alpha value is -0.920. The molecular weight excluding hydrogens is 254 g/mol. The van der Waals surface area contributed by atoms with Crippen LogP contribution in [-0.2, 0) is 16.6 Å². The summed E-state index contributed by atoms with van der Waals surface area (Å²) in [5.74, 6) is 0.732. The van der Waals surface area contributed by atoms with Gasteiger partial charge in [-0.1, -0.05) is 12.1 Å². The van der Waals surface area contributed by atoms with Crippen LogP contribution in [0.4, 0.5) is 0 Å². The highest BCUT2D eigenvalue weighted by molar-refractivity contribution is 7.89. The molecule has 0 radical (unpaired) electrons. The molecule has 7 heteroatoms. The summed E-state index contributed by atoms with van der Waals surface area (Å²) in [6.45, 7) is 7.13. The van der Waals surface area contributed by atoms with E-state index < -0.39 is 10.0 Å². The molecular formula is C11H21N3O3S. The number of aryl methyl sites for hydroxylation is 2. The van der Waals surface area contributed by atoms with Crippen LogP contribution in [0.25, 0.3) is 0 Å². The second-order valence-corrected chi connectivity index (χ2v) is 6.12. The van der Waals surface area contributed by atoms with Crippen LogP contribution >= 0.6 is 0 Å². The zero-order valence-electron chi connectivity index (χ0n) is 11.1. The largest absolute Gasteiger partial charge is 0.361 e. The fourth-order valence-electron chi connectivity index (χ4n) is 1.52. The minimum Gasteiger partial charge on any atom is -0.361 e. The molecule has 0 unspecified atom stereocenters. The van der Waals surface area contributed by atoms with Crippen LogP contribution in [0.15, 0.2) is 4.52 Å². The number of rotatable bonds is 8. The van der Waals surface area contributed by atoms with Crippen molar-refractivity contribution in [1.29, 1.82) is 0 Å². The Morgan fingerprint density at radius 3 is 2.56 bits per heavy atom. The summed E-state index contributed by atoms with van der Waals surface area (Å²) < 4.78 is 30.9. The molecule has 18 heavy (non-hydrogen) atoms. The van der Waals surface area contributed by atoms with Crippen molar-refractivity contribution in [2.45, 2.75) is 33.7 Å². The lowest BCUT2D eigenvalue weighted by atomic mass is 10.2. The highest BCUT2D eigenvalue weighted by Gasteiger charge is 2.14. The van der Waals surface area contributed by atoms with E-state index in [2.05, 4.69) is 15.2 Å². The SMILES string of the molecule is CCCNCCS(=O)(=O)NCc1c(C)noc1C. The summed E-state index contributed by atoms with van der Waals surface area (Å²) in [4.78, 5) is 0. The lowest BCUT2D eigenvalue weighted by Crippen LogP contribution is -2.32. The number of sulfonamides is 1. The molecule has 1 aromatic rings. The lowest BCUT2D eigenvalue weighted by Gasteiger charge is -2.07. The van der Waals surface area contributed by atoms with E-state index in [1.165, 1.54) is 0 Å². The number of aromatic nitrogens is 1. The Bertz CT molecular complexity index is 448. The van der Waals surface area contributed by atoms with Crippen LogP contribution in [0, 0.1) is 13.8 Å². The molecule has 0 amide bonds. The summed E-state index contributed by atoms with van der Waals surface area (Å²) in [5, 5.41) is 6.84. The molecule has 0 bridgehead atoms. The molecule has 104 valence electrons. The van der Waals surface area contributed by atoms with Gasteiger partial charge in [0.05, 0.1) is 11.4 Å². The molecule has 1 aromatic heterocycles. The van der Waals surface area contributed by atoms with Crippen molar-refractivity contribution in [2.24, 2.45) is 0 Å². The molecule has 0 atom stereocenters. The highest BCUT2D eigenvalue weighted by atomic mass is 32.2. The van der Waals surface area contributed by atoms with Crippen LogP contribution < -0.4 is 10.0 Å². The second kappa shape index (κ2) is 6.86. The average Bonchev–Trinajstić information content (AvgIpc) is 2.62. The summed E-state index contributed by atoms with van der Waals surface area (Å²) in [6, 6.07) is 0. The van der Waals surface area contributed by atoms with Crippen molar-refractivity contribution >= 4 is 10.0 Å². The monoisotopic (exact) mass is 275 g/mol. The van der Waals surface area contributed by atoms with Crippen LogP contribution in [0.1, 0.15) is 30.4 Å². The van der Waals surface area contributed by atoms with Gasteiger partial charge in [-0.25, -0.2) is 13.1 Å². The predicted molar refractivity (Wildman–Crippen MR) is 69.8 cm³/mol. The topological polar surface area (TPSA) is 84.2 Å². The smallest absolute Gasteiger partial charge is 0.213 e. The molecule has 6 nitrogen and oxygen atoms in total. The van der Waals surface area contributed by atoms with E-state index in [0.29, 0.717) is 12.3 Å². The van der Waals surface area contributed by atoms with Gasteiger partial charge < -0.3 is 9.84 Å². The fraction of sp³-hybridized carbons (Fsp3) is 0.727. The van der Waals surface area contributed by atoms with Crippen molar-refractivity contribution in [3.63, 3.8) is 0 Å². The Balaban J connectivity index is 2.42. The summed E-state index contributed by atoms with van der Waals surface area (Å²) in [5.41, 5.74) is 1.53. The molecule has 0 aliphatic heterocycles. The van der Waals surface area contributed by atoms with Gasteiger partial charge in [0.2, 0.25) is 10.0 Å². The maximum atomic E-state index is 11.7. The maximum absolute atomic E-state index is 11.7. The highest BCUT2D eigenvalue weighted by Crippen LogP contribution is 2.11. The zero-order valence-corrected chi connectivity index (χ0v) is 11.9. The van der Waals surface area contributed by atoms with Gasteiger partial charge in [0.15, 0.2) is 0 Å². The molecule has 1 heterocycles. The quantitative estimate of drug-likeness (QED) is 0.683. The maximum Gasteiger partial charge on any atom is 0.213 e. The molecule has 0 aliphatic rings. The Morgan fingerprint density at radius 2 is 2.00 bits per heavy atom. The van der Waals surface area contributed by atoms with Gasteiger partial charge >= 0.3 is 0 Å². The van der Waals surface area contributed by atoms with Crippen LogP contribution in [-0.4, -0.2) is 32.4 Å². The van der Waals surface area contributed by atoms with Gasteiger partial charge in [0, 0.05) is 18.7 Å². The van der Waals surface area contributed by atoms with Crippen molar-refractivity contribution in [3.8, 4) is 0 Å². The minimum atomic E-state index is -3.25. The molecule has 0 aromatic carbocycles. The normalized spacial score (nSPS) is 11.9. The number of hydrogen-bond donors (Lipinski definition) is 2. The molecule has 2 N–H and O–H groups in total. The van der Waals surface area contributed by atoms with E-state index in [-0.39, 0.29) is 12.3 Å². The van der Waals surface area contributed by atoms with Gasteiger partial charge in [-0.15, -0.1) is 0 Å². The predicted octanol–water partition coefficient (Wildman–Crippen LogP) is 0.710. The third kappa shape index (κ3) is 4.75. The third-order valence-electron chi connectivity index (χ3n) is 2.62. The number of hydrogen-bond acceptors (Lipinski definition) is 5. The lowest BCUT2D eigenvalue weighted by molar-refractivity contribution is 0.392. The first-order valence-corrected chi connectivity index (χ1v) is 7.71. The van der Waals surface area contributed by atoms with Crippen LogP contribution in [0.2, 0.25) is 0 Å². The first-order chi connectivity index (χ1) is 8.46. The fourth-order valence-corrected chi connectivity index (χ4v) is 2.44. The summed E-state index contributed by atoms with van der Waals surface area (Å²) in [6.07, 6.45) is 0.993. The van der Waals surface area contributed by atoms with E-state index in [1.807, 2.05) is 6.92 Å². The first-order valence-electron chi connectivity index (χ1n) is 6.06. The first kappa shape index (κ1) is 15.1. The van der Waals surface area contributed by atoms with Gasteiger partial charge in [0.25, 0.3) is 0 Å². The molecule has 1 rings (SSSR count). The molecule has 0 saturated heterocycles. The van der Waals surface area contributed by atoms with Crippen molar-refractivity contribution in [2.75, 3.05) is 18.8 Å². The van der Waals surface area contributed by atoms with Crippen molar-refractivity contribution in [3.05, 3.63) is 17.0 Å². The summed E-state index contributed by atoms with van der Waals surface area (Å²) in [7, 11) is -3.25. The van der Waals surface area contributed by atoms with E-state index >= 15 is 0 Å².